The second kappa shape index (κ2) is 7.54. The first kappa shape index (κ1) is 16.5. The van der Waals surface area contributed by atoms with Gasteiger partial charge in [-0.3, -0.25) is 0 Å². The summed E-state index contributed by atoms with van der Waals surface area (Å²) in [6.45, 7) is 3.47. The molecular formula is C21H19N3OS. The van der Waals surface area contributed by atoms with Crippen LogP contribution in [0.3, 0.4) is 0 Å². The largest absolute Gasteiger partial charge is 0.473 e. The molecule has 130 valence electrons. The second-order valence-electron chi connectivity index (χ2n) is 5.89. The van der Waals surface area contributed by atoms with Gasteiger partial charge in [-0.05, 0) is 36.2 Å². The lowest BCUT2D eigenvalue weighted by atomic mass is 10.1. The van der Waals surface area contributed by atoms with Gasteiger partial charge in [0.1, 0.15) is 6.61 Å². The maximum atomic E-state index is 5.76. The first-order chi connectivity index (χ1) is 12.8. The molecule has 4 rings (SSSR count). The highest BCUT2D eigenvalue weighted by Gasteiger charge is 2.06. The fourth-order valence-electron chi connectivity index (χ4n) is 2.70. The van der Waals surface area contributed by atoms with Crippen LogP contribution in [0.2, 0.25) is 0 Å². The third-order valence-electron chi connectivity index (χ3n) is 4.02. The molecule has 0 saturated heterocycles. The molecule has 2 heterocycles. The summed E-state index contributed by atoms with van der Waals surface area (Å²) >= 11 is 1.67. The van der Waals surface area contributed by atoms with Crippen LogP contribution in [0, 0.1) is 0 Å². The van der Waals surface area contributed by atoms with Gasteiger partial charge in [0.15, 0.2) is 5.13 Å². The molecule has 0 aliphatic carbocycles. The average Bonchev–Trinajstić information content (AvgIpc) is 3.09. The van der Waals surface area contributed by atoms with Crippen molar-refractivity contribution in [1.29, 1.82) is 0 Å². The molecule has 0 aliphatic rings. The molecule has 26 heavy (non-hydrogen) atoms. The predicted molar refractivity (Wildman–Crippen MR) is 108 cm³/mol. The lowest BCUT2D eigenvalue weighted by molar-refractivity contribution is 0.294. The van der Waals surface area contributed by atoms with E-state index in [9.17, 15) is 0 Å². The Bertz CT molecular complexity index is 997. The summed E-state index contributed by atoms with van der Waals surface area (Å²) in [7, 11) is 0. The van der Waals surface area contributed by atoms with Crippen LogP contribution in [0.5, 0.6) is 5.88 Å². The van der Waals surface area contributed by atoms with Gasteiger partial charge >= 0.3 is 0 Å². The Kier molecular flexibility index (Phi) is 4.80. The van der Waals surface area contributed by atoms with Crippen LogP contribution in [0.4, 0.5) is 5.13 Å². The van der Waals surface area contributed by atoms with Crippen molar-refractivity contribution >= 4 is 26.7 Å². The van der Waals surface area contributed by atoms with Gasteiger partial charge in [-0.2, -0.15) is 0 Å². The number of thiazole rings is 1. The van der Waals surface area contributed by atoms with Gasteiger partial charge in [0.2, 0.25) is 5.88 Å². The van der Waals surface area contributed by atoms with E-state index in [1.807, 2.05) is 48.7 Å². The maximum Gasteiger partial charge on any atom is 0.213 e. The predicted octanol–water partition coefficient (Wildman–Crippen LogP) is 5.37. The van der Waals surface area contributed by atoms with Crippen molar-refractivity contribution in [2.45, 2.75) is 13.5 Å². The Hall–Kier alpha value is -2.92. The molecule has 4 aromatic rings. The number of benzene rings is 2. The number of ether oxygens (including phenoxy) is 1. The van der Waals surface area contributed by atoms with Gasteiger partial charge in [-0.25, -0.2) is 9.97 Å². The molecule has 0 radical (unpaired) electrons. The summed E-state index contributed by atoms with van der Waals surface area (Å²) in [5.74, 6) is 0.630. The fraction of sp³-hybridized carbons (Fsp3) is 0.143. The Balaban J connectivity index is 1.50. The maximum absolute atomic E-state index is 5.76. The molecule has 5 heteroatoms. The number of rotatable bonds is 6. The molecule has 0 saturated carbocycles. The lowest BCUT2D eigenvalue weighted by Crippen LogP contribution is -1.96. The van der Waals surface area contributed by atoms with Crippen LogP contribution in [0.15, 0.2) is 66.9 Å². The summed E-state index contributed by atoms with van der Waals surface area (Å²) < 4.78 is 6.93. The molecule has 0 aliphatic heterocycles. The molecule has 0 unspecified atom stereocenters. The van der Waals surface area contributed by atoms with Gasteiger partial charge in [0.05, 0.1) is 10.2 Å². The number of anilines is 1. The zero-order valence-electron chi connectivity index (χ0n) is 14.5. The highest BCUT2D eigenvalue weighted by molar-refractivity contribution is 7.22. The van der Waals surface area contributed by atoms with Gasteiger partial charge in [0, 0.05) is 24.4 Å². The molecule has 2 aromatic heterocycles. The third kappa shape index (κ3) is 3.68. The standard InChI is InChI=1S/C21H19N3OS/c1-2-22-21-24-18-10-8-16(12-19(18)26-21)17-9-11-20(23-13-17)25-14-15-6-4-3-5-7-15/h3-13H,2,14H2,1H3,(H,22,24). The number of nitrogens with zero attached hydrogens (tertiary/aromatic N) is 2. The average molecular weight is 361 g/mol. The van der Waals surface area contributed by atoms with Crippen molar-refractivity contribution in [1.82, 2.24) is 9.97 Å². The smallest absolute Gasteiger partial charge is 0.213 e. The summed E-state index contributed by atoms with van der Waals surface area (Å²) in [4.78, 5) is 9.01. The Morgan fingerprint density at radius 1 is 1.00 bits per heavy atom. The first-order valence-corrected chi connectivity index (χ1v) is 9.41. The Labute approximate surface area is 156 Å². The molecule has 0 spiro atoms. The van der Waals surface area contributed by atoms with Crippen molar-refractivity contribution in [2.24, 2.45) is 0 Å². The minimum Gasteiger partial charge on any atom is -0.473 e. The number of hydrogen-bond donors (Lipinski definition) is 1. The topological polar surface area (TPSA) is 47.0 Å². The number of aromatic nitrogens is 2. The van der Waals surface area contributed by atoms with Crippen LogP contribution in [0.1, 0.15) is 12.5 Å². The summed E-state index contributed by atoms with van der Waals surface area (Å²) in [5.41, 5.74) is 4.35. The van der Waals surface area contributed by atoms with E-state index >= 15 is 0 Å². The van der Waals surface area contributed by atoms with E-state index in [0.29, 0.717) is 12.5 Å². The zero-order chi connectivity index (χ0) is 17.8. The van der Waals surface area contributed by atoms with E-state index in [1.54, 1.807) is 11.3 Å². The van der Waals surface area contributed by atoms with Gasteiger partial charge in [-0.15, -0.1) is 0 Å². The monoisotopic (exact) mass is 361 g/mol. The normalized spacial score (nSPS) is 10.8. The fourth-order valence-corrected chi connectivity index (χ4v) is 3.67. The van der Waals surface area contributed by atoms with Crippen LogP contribution in [-0.2, 0) is 6.61 Å². The van der Waals surface area contributed by atoms with E-state index in [1.165, 1.54) is 4.70 Å². The molecule has 0 atom stereocenters. The molecule has 1 N–H and O–H groups in total. The summed E-state index contributed by atoms with van der Waals surface area (Å²) in [6, 6.07) is 20.4. The van der Waals surface area contributed by atoms with Crippen molar-refractivity contribution in [3.8, 4) is 17.0 Å². The quantitative estimate of drug-likeness (QED) is 0.501. The Morgan fingerprint density at radius 3 is 2.62 bits per heavy atom. The summed E-state index contributed by atoms with van der Waals surface area (Å²) in [6.07, 6.45) is 1.85. The van der Waals surface area contributed by atoms with Crippen molar-refractivity contribution in [2.75, 3.05) is 11.9 Å². The highest BCUT2D eigenvalue weighted by Crippen LogP contribution is 2.30. The van der Waals surface area contributed by atoms with Gasteiger partial charge in [0.25, 0.3) is 0 Å². The van der Waals surface area contributed by atoms with E-state index in [2.05, 4.69) is 40.4 Å². The number of hydrogen-bond acceptors (Lipinski definition) is 5. The van der Waals surface area contributed by atoms with Crippen molar-refractivity contribution in [3.05, 3.63) is 72.4 Å². The van der Waals surface area contributed by atoms with E-state index in [0.717, 1.165) is 33.9 Å². The SMILES string of the molecule is CCNc1nc2ccc(-c3ccc(OCc4ccccc4)nc3)cc2s1. The minimum absolute atomic E-state index is 0.521. The summed E-state index contributed by atoms with van der Waals surface area (Å²) in [5, 5.41) is 4.23. The van der Waals surface area contributed by atoms with E-state index < -0.39 is 0 Å². The molecule has 2 aromatic carbocycles. The number of pyridine rings is 1. The Morgan fingerprint density at radius 2 is 1.85 bits per heavy atom. The van der Waals surface area contributed by atoms with Gasteiger partial charge < -0.3 is 10.1 Å². The minimum atomic E-state index is 0.521. The molecule has 0 amide bonds. The second-order valence-corrected chi connectivity index (χ2v) is 6.92. The number of nitrogens with one attached hydrogen (secondary N) is 1. The van der Waals surface area contributed by atoms with Crippen LogP contribution < -0.4 is 10.1 Å². The highest BCUT2D eigenvalue weighted by atomic mass is 32.1. The molecular weight excluding hydrogens is 342 g/mol. The molecule has 0 fully saturated rings. The van der Waals surface area contributed by atoms with Crippen molar-refractivity contribution < 1.29 is 4.74 Å². The van der Waals surface area contributed by atoms with E-state index in [4.69, 9.17) is 4.74 Å². The van der Waals surface area contributed by atoms with E-state index in [-0.39, 0.29) is 0 Å². The number of fused-ring (bicyclic) bond motifs is 1. The van der Waals surface area contributed by atoms with Crippen LogP contribution in [-0.4, -0.2) is 16.5 Å². The molecule has 0 bridgehead atoms. The molecule has 4 nitrogen and oxygen atoms in total. The zero-order valence-corrected chi connectivity index (χ0v) is 15.3. The van der Waals surface area contributed by atoms with Crippen LogP contribution in [0.25, 0.3) is 21.3 Å². The van der Waals surface area contributed by atoms with Gasteiger partial charge in [-0.1, -0.05) is 47.7 Å². The van der Waals surface area contributed by atoms with Crippen molar-refractivity contribution in [3.63, 3.8) is 0 Å². The lowest BCUT2D eigenvalue weighted by Gasteiger charge is -2.06. The third-order valence-corrected chi connectivity index (χ3v) is 4.99. The first-order valence-electron chi connectivity index (χ1n) is 8.59. The van der Waals surface area contributed by atoms with Crippen LogP contribution >= 0.6 is 11.3 Å².